The van der Waals surface area contributed by atoms with E-state index >= 15 is 4.39 Å². The standard InChI is InChI=1S/C28H32ClFN6O3/c1-28(2,3)39-27(37)36-13-17-6-7-18(36)12-35(17)22-11-9-20-25(34-22)26(32-15-31-20)33-19-8-10-21(23(29)24(19)30)38-14-16-4-5-16/h8-11,15-18H,4-7,12-14H2,1-3H3,(H,31,32,33). The molecule has 0 radical (unpaired) electrons. The fourth-order valence-electron chi connectivity index (χ4n) is 5.19. The highest BCUT2D eigenvalue weighted by Gasteiger charge is 2.43. The molecule has 2 aromatic heterocycles. The SMILES string of the molecule is CC(C)(C)OC(=O)N1CC2CCC1CN2c1ccc2ncnc(Nc3ccc(OCC4CC4)c(Cl)c3F)c2n1. The normalized spacial score (nSPS) is 20.8. The number of benzene rings is 1. The van der Waals surface area contributed by atoms with Crippen molar-refractivity contribution in [3.63, 3.8) is 0 Å². The van der Waals surface area contributed by atoms with Crippen molar-refractivity contribution in [3.05, 3.63) is 41.4 Å². The highest BCUT2D eigenvalue weighted by atomic mass is 35.5. The number of halogens is 2. The topological polar surface area (TPSA) is 92.7 Å². The molecule has 3 aliphatic heterocycles. The highest BCUT2D eigenvalue weighted by molar-refractivity contribution is 6.32. The van der Waals surface area contributed by atoms with Crippen LogP contribution < -0.4 is 15.0 Å². The largest absolute Gasteiger partial charge is 0.492 e. The molecule has 1 N–H and O–H groups in total. The zero-order valence-electron chi connectivity index (χ0n) is 22.3. The molecule has 5 heterocycles. The second kappa shape index (κ2) is 9.97. The third-order valence-corrected chi connectivity index (χ3v) is 7.74. The van der Waals surface area contributed by atoms with Crippen molar-refractivity contribution in [2.24, 2.45) is 5.92 Å². The van der Waals surface area contributed by atoms with Gasteiger partial charge in [0.05, 0.1) is 23.9 Å². The fraction of sp³-hybridized carbons (Fsp3) is 0.500. The second-order valence-electron chi connectivity index (χ2n) is 11.5. The average Bonchev–Trinajstić information content (AvgIpc) is 3.74. The molecule has 1 aromatic carbocycles. The zero-order valence-corrected chi connectivity index (χ0v) is 23.0. The van der Waals surface area contributed by atoms with Gasteiger partial charge < -0.3 is 24.6 Å². The van der Waals surface area contributed by atoms with E-state index in [2.05, 4.69) is 20.2 Å². The van der Waals surface area contributed by atoms with Gasteiger partial charge in [-0.3, -0.25) is 0 Å². The molecule has 2 unspecified atom stereocenters. The molecule has 7 rings (SSSR count). The quantitative estimate of drug-likeness (QED) is 0.400. The van der Waals surface area contributed by atoms with Crippen LogP contribution in [0.4, 0.5) is 26.5 Å². The lowest BCUT2D eigenvalue weighted by Gasteiger charge is -2.51. The molecule has 1 aliphatic carbocycles. The number of piperazine rings is 1. The lowest BCUT2D eigenvalue weighted by atomic mass is 9.91. The maximum Gasteiger partial charge on any atom is 0.410 e. The van der Waals surface area contributed by atoms with Gasteiger partial charge in [0.1, 0.15) is 34.0 Å². The fourth-order valence-corrected chi connectivity index (χ4v) is 5.41. The number of pyridine rings is 1. The first-order valence-corrected chi connectivity index (χ1v) is 13.8. The smallest absolute Gasteiger partial charge is 0.410 e. The van der Waals surface area contributed by atoms with E-state index < -0.39 is 11.4 Å². The van der Waals surface area contributed by atoms with Crippen LogP contribution in [0.15, 0.2) is 30.6 Å². The molecular formula is C28H32ClFN6O3. The van der Waals surface area contributed by atoms with Crippen LogP contribution >= 0.6 is 11.6 Å². The van der Waals surface area contributed by atoms with Crippen LogP contribution in [0.2, 0.25) is 5.02 Å². The summed E-state index contributed by atoms with van der Waals surface area (Å²) in [5.74, 6) is 1.40. The van der Waals surface area contributed by atoms with E-state index in [1.165, 1.54) is 6.33 Å². The predicted octanol–water partition coefficient (Wildman–Crippen LogP) is 5.94. The van der Waals surface area contributed by atoms with Gasteiger partial charge >= 0.3 is 6.09 Å². The first-order valence-electron chi connectivity index (χ1n) is 13.4. The first-order chi connectivity index (χ1) is 18.7. The third kappa shape index (κ3) is 5.39. The number of carbonyl (C=O) groups excluding carboxylic acids is 1. The molecule has 3 saturated heterocycles. The van der Waals surface area contributed by atoms with Gasteiger partial charge in [-0.05, 0) is 76.6 Å². The second-order valence-corrected chi connectivity index (χ2v) is 11.9. The number of rotatable bonds is 6. The van der Waals surface area contributed by atoms with Gasteiger partial charge in [-0.15, -0.1) is 0 Å². The molecule has 2 bridgehead atoms. The maximum atomic E-state index is 15.2. The average molecular weight is 555 g/mol. The third-order valence-electron chi connectivity index (χ3n) is 7.39. The van der Waals surface area contributed by atoms with Crippen molar-refractivity contribution in [3.8, 4) is 5.75 Å². The minimum atomic E-state index is -0.608. The van der Waals surface area contributed by atoms with Gasteiger partial charge in [-0.25, -0.2) is 24.1 Å². The Morgan fingerprint density at radius 2 is 1.90 bits per heavy atom. The maximum absolute atomic E-state index is 15.2. The monoisotopic (exact) mass is 554 g/mol. The van der Waals surface area contributed by atoms with Gasteiger partial charge in [0, 0.05) is 19.1 Å². The molecule has 39 heavy (non-hydrogen) atoms. The lowest BCUT2D eigenvalue weighted by Crippen LogP contribution is -2.64. The summed E-state index contributed by atoms with van der Waals surface area (Å²) in [5, 5.41) is 2.99. The van der Waals surface area contributed by atoms with Crippen LogP contribution in [0.25, 0.3) is 11.0 Å². The molecule has 9 nitrogen and oxygen atoms in total. The number of anilines is 3. The van der Waals surface area contributed by atoms with Crippen molar-refractivity contribution in [1.82, 2.24) is 19.9 Å². The predicted molar refractivity (Wildman–Crippen MR) is 147 cm³/mol. The number of piperidine rings is 2. The summed E-state index contributed by atoms with van der Waals surface area (Å²) >= 11 is 6.29. The number of nitrogens with zero attached hydrogens (tertiary/aromatic N) is 5. The van der Waals surface area contributed by atoms with Gasteiger partial charge in [0.15, 0.2) is 11.6 Å². The number of nitrogens with one attached hydrogen (secondary N) is 1. The van der Waals surface area contributed by atoms with Crippen LogP contribution in [-0.4, -0.2) is 63.3 Å². The number of amides is 1. The molecule has 4 fully saturated rings. The number of ether oxygens (including phenoxy) is 2. The van der Waals surface area contributed by atoms with Gasteiger partial charge in [0.25, 0.3) is 0 Å². The van der Waals surface area contributed by atoms with Crippen LogP contribution in [0.1, 0.15) is 46.5 Å². The zero-order chi connectivity index (χ0) is 27.3. The Bertz CT molecular complexity index is 1410. The first kappa shape index (κ1) is 25.9. The molecule has 1 amide bonds. The summed E-state index contributed by atoms with van der Waals surface area (Å²) < 4.78 is 26.5. The molecule has 206 valence electrons. The van der Waals surface area contributed by atoms with E-state index in [1.807, 2.05) is 37.8 Å². The molecule has 1 saturated carbocycles. The molecule has 11 heteroatoms. The van der Waals surface area contributed by atoms with Gasteiger partial charge in [-0.2, -0.15) is 0 Å². The molecular weight excluding hydrogens is 523 g/mol. The highest BCUT2D eigenvalue weighted by Crippen LogP contribution is 2.37. The van der Waals surface area contributed by atoms with Gasteiger partial charge in [-0.1, -0.05) is 11.6 Å². The van der Waals surface area contributed by atoms with Crippen LogP contribution in [0, 0.1) is 11.7 Å². The van der Waals surface area contributed by atoms with E-state index in [1.54, 1.807) is 12.1 Å². The lowest BCUT2D eigenvalue weighted by molar-refractivity contribution is 0.000790. The van der Waals surface area contributed by atoms with Crippen molar-refractivity contribution >= 4 is 46.1 Å². The van der Waals surface area contributed by atoms with Crippen LogP contribution in [-0.2, 0) is 4.74 Å². The Labute approximate surface area is 231 Å². The Balaban J connectivity index is 1.23. The minimum absolute atomic E-state index is 0.0452. The summed E-state index contributed by atoms with van der Waals surface area (Å²) in [7, 11) is 0. The number of aromatic nitrogens is 3. The summed E-state index contributed by atoms with van der Waals surface area (Å²) in [6.07, 6.45) is 5.30. The summed E-state index contributed by atoms with van der Waals surface area (Å²) in [6.45, 7) is 7.42. The minimum Gasteiger partial charge on any atom is -0.492 e. The van der Waals surface area contributed by atoms with Crippen LogP contribution in [0.5, 0.6) is 5.75 Å². The number of fused-ring (bicyclic) bond motifs is 4. The Morgan fingerprint density at radius 1 is 1.10 bits per heavy atom. The van der Waals surface area contributed by atoms with Gasteiger partial charge in [0.2, 0.25) is 0 Å². The molecule has 0 spiro atoms. The number of carbonyl (C=O) groups is 1. The Kier molecular flexibility index (Phi) is 6.61. The van der Waals surface area contributed by atoms with E-state index in [0.29, 0.717) is 48.2 Å². The molecule has 3 aromatic rings. The van der Waals surface area contributed by atoms with Crippen molar-refractivity contribution < 1.29 is 18.7 Å². The van der Waals surface area contributed by atoms with E-state index in [9.17, 15) is 4.79 Å². The van der Waals surface area contributed by atoms with E-state index in [4.69, 9.17) is 26.1 Å². The van der Waals surface area contributed by atoms with Crippen molar-refractivity contribution in [1.29, 1.82) is 0 Å². The van der Waals surface area contributed by atoms with Crippen molar-refractivity contribution in [2.45, 2.75) is 64.1 Å². The van der Waals surface area contributed by atoms with E-state index in [-0.39, 0.29) is 28.9 Å². The number of hydrogen-bond acceptors (Lipinski definition) is 8. The van der Waals surface area contributed by atoms with E-state index in [0.717, 1.165) is 31.5 Å². The van der Waals surface area contributed by atoms with Crippen molar-refractivity contribution in [2.75, 3.05) is 29.9 Å². The summed E-state index contributed by atoms with van der Waals surface area (Å²) in [4.78, 5) is 30.4. The summed E-state index contributed by atoms with van der Waals surface area (Å²) in [6, 6.07) is 7.24. The Hall–Kier alpha value is -3.40. The van der Waals surface area contributed by atoms with Crippen LogP contribution in [0.3, 0.4) is 0 Å². The Morgan fingerprint density at radius 3 is 2.62 bits per heavy atom. The summed E-state index contributed by atoms with van der Waals surface area (Å²) in [5.41, 5.74) is 0.787. The molecule has 4 aliphatic rings. The molecule has 2 atom stereocenters. The number of hydrogen-bond donors (Lipinski definition) is 1.